The van der Waals surface area contributed by atoms with Gasteiger partial charge in [-0.05, 0) is 36.4 Å². The summed E-state index contributed by atoms with van der Waals surface area (Å²) in [6.07, 6.45) is 5.58. The smallest absolute Gasteiger partial charge is 0.255 e. The number of thiazole rings is 1. The Labute approximate surface area is 205 Å². The second kappa shape index (κ2) is 8.96. The molecule has 0 spiro atoms. The fraction of sp³-hybridized carbons (Fsp3) is 0. The Morgan fingerprint density at radius 2 is 1.66 bits per heavy atom. The van der Waals surface area contributed by atoms with Crippen LogP contribution in [0.2, 0.25) is 0 Å². The van der Waals surface area contributed by atoms with Crippen molar-refractivity contribution < 1.29 is 4.79 Å². The summed E-state index contributed by atoms with van der Waals surface area (Å²) in [7, 11) is 0. The molecule has 35 heavy (non-hydrogen) atoms. The number of imidazole rings is 1. The van der Waals surface area contributed by atoms with E-state index in [2.05, 4.69) is 15.3 Å². The van der Waals surface area contributed by atoms with Gasteiger partial charge in [0.25, 0.3) is 5.91 Å². The Bertz CT molecular complexity index is 1640. The van der Waals surface area contributed by atoms with Crippen molar-refractivity contribution in [3.05, 3.63) is 114 Å². The van der Waals surface area contributed by atoms with Crippen molar-refractivity contribution in [2.75, 3.05) is 5.32 Å². The lowest BCUT2D eigenvalue weighted by molar-refractivity contribution is 0.102. The minimum absolute atomic E-state index is 0.193. The first-order valence-corrected chi connectivity index (χ1v) is 11.9. The van der Waals surface area contributed by atoms with Crippen LogP contribution in [0.3, 0.4) is 0 Å². The van der Waals surface area contributed by atoms with Crippen LogP contribution in [0, 0.1) is 0 Å². The Hall–Kier alpha value is -4.62. The van der Waals surface area contributed by atoms with Gasteiger partial charge in [0.1, 0.15) is 10.7 Å². The molecule has 6 nitrogen and oxygen atoms in total. The van der Waals surface area contributed by atoms with Gasteiger partial charge in [-0.1, -0.05) is 48.5 Å². The number of aromatic nitrogens is 4. The summed E-state index contributed by atoms with van der Waals surface area (Å²) in [5, 5.41) is 5.86. The molecule has 0 aliphatic carbocycles. The van der Waals surface area contributed by atoms with E-state index >= 15 is 0 Å². The van der Waals surface area contributed by atoms with Gasteiger partial charge in [0, 0.05) is 46.3 Å². The summed E-state index contributed by atoms with van der Waals surface area (Å²) in [5.74, 6) is -0.193. The largest absolute Gasteiger partial charge is 0.322 e. The molecule has 0 atom stereocenters. The molecule has 6 rings (SSSR count). The summed E-state index contributed by atoms with van der Waals surface area (Å²) in [6, 6.07) is 27.0. The molecule has 0 radical (unpaired) electrons. The molecule has 1 N–H and O–H groups in total. The highest BCUT2D eigenvalue weighted by Crippen LogP contribution is 2.29. The second-order valence-electron chi connectivity index (χ2n) is 7.96. The van der Waals surface area contributed by atoms with E-state index < -0.39 is 0 Å². The van der Waals surface area contributed by atoms with E-state index in [0.29, 0.717) is 11.3 Å². The molecule has 4 aromatic heterocycles. The lowest BCUT2D eigenvalue weighted by Crippen LogP contribution is -2.12. The average Bonchev–Trinajstić information content (AvgIpc) is 3.57. The van der Waals surface area contributed by atoms with Crippen molar-refractivity contribution in [1.29, 1.82) is 0 Å². The number of benzene rings is 2. The van der Waals surface area contributed by atoms with Crippen LogP contribution < -0.4 is 5.32 Å². The van der Waals surface area contributed by atoms with Gasteiger partial charge in [-0.3, -0.25) is 9.78 Å². The third-order valence-corrected chi connectivity index (χ3v) is 6.46. The normalized spacial score (nSPS) is 11.0. The minimum Gasteiger partial charge on any atom is -0.322 e. The number of hydrogen-bond acceptors (Lipinski definition) is 5. The summed E-state index contributed by atoms with van der Waals surface area (Å²) in [6.45, 7) is 0. The fourth-order valence-corrected chi connectivity index (χ4v) is 4.65. The Balaban J connectivity index is 1.22. The van der Waals surface area contributed by atoms with Crippen LogP contribution in [-0.2, 0) is 0 Å². The van der Waals surface area contributed by atoms with Crippen molar-refractivity contribution in [3.63, 3.8) is 0 Å². The first-order chi connectivity index (χ1) is 17.2. The number of hydrogen-bond donors (Lipinski definition) is 1. The molecule has 4 heterocycles. The lowest BCUT2D eigenvalue weighted by Gasteiger charge is -2.07. The van der Waals surface area contributed by atoms with E-state index in [1.807, 2.05) is 95.0 Å². The van der Waals surface area contributed by atoms with E-state index in [9.17, 15) is 4.79 Å². The molecule has 2 aromatic carbocycles. The third-order valence-electron chi connectivity index (χ3n) is 5.60. The number of rotatable bonds is 5. The molecular weight excluding hydrogens is 454 g/mol. The maximum Gasteiger partial charge on any atom is 0.255 e. The molecule has 1 amide bonds. The molecule has 0 saturated carbocycles. The number of amides is 1. The SMILES string of the molecule is O=C(Nc1cccc(-c2csc(-c3ccccn3)n2)c1)c1ccn2cc(-c3ccccc3)nc2c1. The van der Waals surface area contributed by atoms with E-state index in [4.69, 9.17) is 4.98 Å². The topological polar surface area (TPSA) is 72.2 Å². The van der Waals surface area contributed by atoms with E-state index in [1.165, 1.54) is 0 Å². The van der Waals surface area contributed by atoms with Gasteiger partial charge in [-0.2, -0.15) is 0 Å². The number of nitrogens with zero attached hydrogens (tertiary/aromatic N) is 4. The zero-order valence-corrected chi connectivity index (χ0v) is 19.3. The zero-order chi connectivity index (χ0) is 23.6. The highest BCUT2D eigenvalue weighted by atomic mass is 32.1. The predicted molar refractivity (Wildman–Crippen MR) is 139 cm³/mol. The summed E-state index contributed by atoms with van der Waals surface area (Å²) in [5.41, 5.74) is 6.48. The molecular formula is C28H19N5OS. The van der Waals surface area contributed by atoms with Gasteiger partial charge in [0.15, 0.2) is 0 Å². The number of carbonyl (C=O) groups excluding carboxylic acids is 1. The molecule has 0 saturated heterocycles. The van der Waals surface area contributed by atoms with Gasteiger partial charge in [0.05, 0.1) is 17.1 Å². The van der Waals surface area contributed by atoms with Gasteiger partial charge < -0.3 is 9.72 Å². The number of carbonyl (C=O) groups is 1. The number of nitrogens with one attached hydrogen (secondary N) is 1. The summed E-state index contributed by atoms with van der Waals surface area (Å²) in [4.78, 5) is 26.8. The van der Waals surface area contributed by atoms with E-state index in [-0.39, 0.29) is 5.91 Å². The maximum atomic E-state index is 13.0. The van der Waals surface area contributed by atoms with Crippen LogP contribution in [0.15, 0.2) is 109 Å². The van der Waals surface area contributed by atoms with Crippen molar-refractivity contribution in [2.24, 2.45) is 0 Å². The molecule has 168 valence electrons. The number of fused-ring (bicyclic) bond motifs is 1. The standard InChI is InChI=1S/C28H19N5OS/c34-27(21-12-14-33-17-24(31-26(33)16-21)19-7-2-1-3-8-19)30-22-10-6-9-20(15-22)25-18-35-28(32-25)23-11-4-5-13-29-23/h1-18H,(H,30,34). The molecule has 0 fully saturated rings. The summed E-state index contributed by atoms with van der Waals surface area (Å²) < 4.78 is 1.92. The molecule has 0 unspecified atom stereocenters. The second-order valence-corrected chi connectivity index (χ2v) is 8.82. The highest BCUT2D eigenvalue weighted by Gasteiger charge is 2.12. The van der Waals surface area contributed by atoms with Crippen molar-refractivity contribution in [3.8, 4) is 33.2 Å². The molecule has 7 heteroatoms. The van der Waals surface area contributed by atoms with Gasteiger partial charge in [-0.15, -0.1) is 11.3 Å². The quantitative estimate of drug-likeness (QED) is 0.313. The van der Waals surface area contributed by atoms with Crippen molar-refractivity contribution in [1.82, 2.24) is 19.4 Å². The molecule has 0 aliphatic heterocycles. The first-order valence-electron chi connectivity index (χ1n) is 11.1. The zero-order valence-electron chi connectivity index (χ0n) is 18.5. The monoisotopic (exact) mass is 473 g/mol. The van der Waals surface area contributed by atoms with E-state index in [1.54, 1.807) is 29.7 Å². The third kappa shape index (κ3) is 4.32. The van der Waals surface area contributed by atoms with Crippen molar-refractivity contribution in [2.45, 2.75) is 0 Å². The average molecular weight is 474 g/mol. The number of pyridine rings is 2. The van der Waals surface area contributed by atoms with Gasteiger partial charge in [0.2, 0.25) is 0 Å². The van der Waals surface area contributed by atoms with Crippen LogP contribution in [0.1, 0.15) is 10.4 Å². The van der Waals surface area contributed by atoms with Crippen LogP contribution in [0.4, 0.5) is 5.69 Å². The van der Waals surface area contributed by atoms with Gasteiger partial charge >= 0.3 is 0 Å². The Kier molecular flexibility index (Phi) is 5.37. The van der Waals surface area contributed by atoms with Crippen LogP contribution in [-0.4, -0.2) is 25.3 Å². The molecule has 6 aromatic rings. The fourth-order valence-electron chi connectivity index (χ4n) is 3.84. The molecule has 0 aliphatic rings. The lowest BCUT2D eigenvalue weighted by atomic mass is 10.1. The van der Waals surface area contributed by atoms with Crippen LogP contribution >= 0.6 is 11.3 Å². The number of anilines is 1. The minimum atomic E-state index is -0.193. The maximum absolute atomic E-state index is 13.0. The van der Waals surface area contributed by atoms with E-state index in [0.717, 1.165) is 38.9 Å². The summed E-state index contributed by atoms with van der Waals surface area (Å²) >= 11 is 1.55. The van der Waals surface area contributed by atoms with Gasteiger partial charge in [-0.25, -0.2) is 9.97 Å². The Morgan fingerprint density at radius 1 is 0.800 bits per heavy atom. The van der Waals surface area contributed by atoms with Crippen LogP contribution in [0.25, 0.3) is 38.9 Å². The first kappa shape index (κ1) is 20.9. The molecule has 0 bridgehead atoms. The predicted octanol–water partition coefficient (Wildman–Crippen LogP) is 6.44. The van der Waals surface area contributed by atoms with Crippen LogP contribution in [0.5, 0.6) is 0 Å². The highest BCUT2D eigenvalue weighted by molar-refractivity contribution is 7.13. The Morgan fingerprint density at radius 3 is 2.51 bits per heavy atom. The van der Waals surface area contributed by atoms with Crippen molar-refractivity contribution >= 4 is 28.6 Å².